The summed E-state index contributed by atoms with van der Waals surface area (Å²) in [6.07, 6.45) is -9.11. The maximum Gasteiger partial charge on any atom is 0.418 e. The van der Waals surface area contributed by atoms with E-state index in [-0.39, 0.29) is 0 Å². The highest BCUT2D eigenvalue weighted by Crippen LogP contribution is 2.40. The normalized spacial score (nSPS) is 12.5. The van der Waals surface area contributed by atoms with Crippen molar-refractivity contribution < 1.29 is 26.3 Å². The first-order chi connectivity index (χ1) is 10.0. The number of halogens is 6. The zero-order valence-electron chi connectivity index (χ0n) is 11.1. The maximum atomic E-state index is 13.1. The number of hydrogen-bond acceptors (Lipinski definition) is 1. The van der Waals surface area contributed by atoms with Gasteiger partial charge in [-0.05, 0) is 24.6 Å². The van der Waals surface area contributed by atoms with Crippen molar-refractivity contribution in [1.82, 2.24) is 4.57 Å². The number of benzene rings is 1. The van der Waals surface area contributed by atoms with E-state index in [4.69, 9.17) is 0 Å². The minimum Gasteiger partial charge on any atom is -0.283 e. The number of rotatable bonds is 1. The predicted molar refractivity (Wildman–Crippen MR) is 66.8 cm³/mol. The standard InChI is InChI=1S/C14H9F6NO/c1-8-5-6-11(22)21(7-8)12-9(13(15,16)17)3-2-4-10(12)14(18,19)20/h2-7H,1H3. The SMILES string of the molecule is Cc1ccc(=O)n(-c2c(C(F)(F)F)cccc2C(F)(F)F)c1. The topological polar surface area (TPSA) is 22.0 Å². The van der Waals surface area contributed by atoms with E-state index in [1.165, 1.54) is 13.0 Å². The molecule has 0 N–H and O–H groups in total. The van der Waals surface area contributed by atoms with Gasteiger partial charge in [0.25, 0.3) is 5.56 Å². The number of hydrogen-bond donors (Lipinski definition) is 0. The summed E-state index contributed by atoms with van der Waals surface area (Å²) in [7, 11) is 0. The summed E-state index contributed by atoms with van der Waals surface area (Å²) < 4.78 is 78.7. The Kier molecular flexibility index (Phi) is 3.80. The van der Waals surface area contributed by atoms with Gasteiger partial charge in [0.05, 0.1) is 16.8 Å². The van der Waals surface area contributed by atoms with Crippen molar-refractivity contribution in [2.45, 2.75) is 19.3 Å². The number of alkyl halides is 6. The van der Waals surface area contributed by atoms with E-state index in [9.17, 15) is 31.1 Å². The van der Waals surface area contributed by atoms with E-state index < -0.39 is 34.7 Å². The van der Waals surface area contributed by atoms with Crippen molar-refractivity contribution >= 4 is 0 Å². The molecular formula is C14H9F6NO. The summed E-state index contributed by atoms with van der Waals surface area (Å²) in [5.74, 6) is 0. The monoisotopic (exact) mass is 321 g/mol. The first kappa shape index (κ1) is 16.1. The number of pyridine rings is 1. The van der Waals surface area contributed by atoms with Crippen LogP contribution in [-0.4, -0.2) is 4.57 Å². The number of aryl methyl sites for hydroxylation is 1. The van der Waals surface area contributed by atoms with Crippen LogP contribution in [0.3, 0.4) is 0 Å². The van der Waals surface area contributed by atoms with Gasteiger partial charge in [-0.3, -0.25) is 9.36 Å². The molecule has 0 atom stereocenters. The Hall–Kier alpha value is -2.25. The van der Waals surface area contributed by atoms with Crippen molar-refractivity contribution in [1.29, 1.82) is 0 Å². The molecule has 2 rings (SSSR count). The minimum absolute atomic E-state index is 0.352. The largest absolute Gasteiger partial charge is 0.418 e. The molecule has 0 fully saturated rings. The Bertz CT molecular complexity index is 725. The molecule has 1 aromatic carbocycles. The molecule has 0 radical (unpaired) electrons. The summed E-state index contributed by atoms with van der Waals surface area (Å²) in [5.41, 5.74) is -4.88. The van der Waals surface area contributed by atoms with Crippen LogP contribution in [-0.2, 0) is 12.4 Å². The van der Waals surface area contributed by atoms with Crippen LogP contribution in [0.4, 0.5) is 26.3 Å². The third kappa shape index (κ3) is 3.00. The van der Waals surface area contributed by atoms with Crippen LogP contribution < -0.4 is 5.56 Å². The smallest absolute Gasteiger partial charge is 0.283 e. The molecule has 118 valence electrons. The molecule has 0 unspecified atom stereocenters. The Morgan fingerprint density at radius 1 is 0.864 bits per heavy atom. The molecule has 0 aliphatic rings. The van der Waals surface area contributed by atoms with E-state index in [2.05, 4.69) is 0 Å². The van der Waals surface area contributed by atoms with Gasteiger partial charge in [0.2, 0.25) is 0 Å². The van der Waals surface area contributed by atoms with Gasteiger partial charge in [-0.15, -0.1) is 0 Å². The van der Waals surface area contributed by atoms with Crippen LogP contribution in [0, 0.1) is 6.92 Å². The number of nitrogens with zero attached hydrogens (tertiary/aromatic N) is 1. The zero-order valence-corrected chi connectivity index (χ0v) is 11.1. The van der Waals surface area contributed by atoms with Gasteiger partial charge in [0.1, 0.15) is 0 Å². The molecular weight excluding hydrogens is 312 g/mol. The molecule has 2 nitrogen and oxygen atoms in total. The van der Waals surface area contributed by atoms with Crippen molar-refractivity contribution in [3.05, 3.63) is 63.6 Å². The second kappa shape index (κ2) is 5.19. The van der Waals surface area contributed by atoms with E-state index in [1.54, 1.807) is 0 Å². The van der Waals surface area contributed by atoms with E-state index in [0.29, 0.717) is 28.3 Å². The quantitative estimate of drug-likeness (QED) is 0.722. The fourth-order valence-corrected chi connectivity index (χ4v) is 2.03. The molecule has 1 aromatic heterocycles. The number of aromatic nitrogens is 1. The van der Waals surface area contributed by atoms with Crippen LogP contribution in [0.1, 0.15) is 16.7 Å². The van der Waals surface area contributed by atoms with Gasteiger partial charge in [-0.2, -0.15) is 26.3 Å². The molecule has 0 aliphatic carbocycles. The van der Waals surface area contributed by atoms with Gasteiger partial charge >= 0.3 is 12.4 Å². The predicted octanol–water partition coefficient (Wildman–Crippen LogP) is 4.18. The van der Waals surface area contributed by atoms with Crippen LogP contribution in [0.15, 0.2) is 41.3 Å². The van der Waals surface area contributed by atoms with E-state index in [1.807, 2.05) is 0 Å². The van der Waals surface area contributed by atoms with Gasteiger partial charge in [0.15, 0.2) is 0 Å². The minimum atomic E-state index is -5.03. The average molecular weight is 321 g/mol. The molecule has 8 heteroatoms. The van der Waals surface area contributed by atoms with Crippen LogP contribution in [0.5, 0.6) is 0 Å². The lowest BCUT2D eigenvalue weighted by molar-refractivity contribution is -0.142. The first-order valence-corrected chi connectivity index (χ1v) is 5.99. The molecule has 0 amide bonds. The lowest BCUT2D eigenvalue weighted by Crippen LogP contribution is -2.24. The first-order valence-electron chi connectivity index (χ1n) is 5.99. The lowest BCUT2D eigenvalue weighted by atomic mass is 10.1. The van der Waals surface area contributed by atoms with Gasteiger partial charge in [0, 0.05) is 12.3 Å². The Balaban J connectivity index is 2.93. The Labute approximate surface area is 120 Å². The number of para-hydroxylation sites is 1. The third-order valence-electron chi connectivity index (χ3n) is 2.95. The van der Waals surface area contributed by atoms with Gasteiger partial charge in [-0.1, -0.05) is 12.1 Å². The highest BCUT2D eigenvalue weighted by Gasteiger charge is 2.41. The third-order valence-corrected chi connectivity index (χ3v) is 2.95. The van der Waals surface area contributed by atoms with Crippen LogP contribution in [0.2, 0.25) is 0 Å². The molecule has 0 saturated carbocycles. The molecule has 0 bridgehead atoms. The summed E-state index contributed by atoms with van der Waals surface area (Å²) in [4.78, 5) is 11.8. The van der Waals surface area contributed by atoms with Crippen molar-refractivity contribution in [3.63, 3.8) is 0 Å². The van der Waals surface area contributed by atoms with Crippen LogP contribution in [0.25, 0.3) is 5.69 Å². The average Bonchev–Trinajstić information content (AvgIpc) is 2.38. The molecule has 1 heterocycles. The lowest BCUT2D eigenvalue weighted by Gasteiger charge is -2.20. The fourth-order valence-electron chi connectivity index (χ4n) is 2.03. The van der Waals surface area contributed by atoms with E-state index in [0.717, 1.165) is 12.3 Å². The summed E-state index contributed by atoms with van der Waals surface area (Å²) >= 11 is 0. The van der Waals surface area contributed by atoms with Gasteiger partial charge < -0.3 is 0 Å². The zero-order chi connectivity index (χ0) is 16.7. The molecule has 0 saturated heterocycles. The second-order valence-electron chi connectivity index (χ2n) is 4.61. The van der Waals surface area contributed by atoms with Crippen molar-refractivity contribution in [2.75, 3.05) is 0 Å². The van der Waals surface area contributed by atoms with Gasteiger partial charge in [-0.25, -0.2) is 0 Å². The Morgan fingerprint density at radius 3 is 1.82 bits per heavy atom. The molecule has 0 aliphatic heterocycles. The highest BCUT2D eigenvalue weighted by atomic mass is 19.4. The Morgan fingerprint density at radius 2 is 1.36 bits per heavy atom. The van der Waals surface area contributed by atoms with E-state index >= 15 is 0 Å². The summed E-state index contributed by atoms with van der Waals surface area (Å²) in [6.45, 7) is 1.46. The molecule has 2 aromatic rings. The summed E-state index contributed by atoms with van der Waals surface area (Å²) in [6, 6.07) is 3.92. The summed E-state index contributed by atoms with van der Waals surface area (Å²) in [5, 5.41) is 0. The van der Waals surface area contributed by atoms with Crippen LogP contribution >= 0.6 is 0 Å². The second-order valence-corrected chi connectivity index (χ2v) is 4.61. The van der Waals surface area contributed by atoms with Crippen molar-refractivity contribution in [3.8, 4) is 5.69 Å². The molecule has 0 spiro atoms. The fraction of sp³-hybridized carbons (Fsp3) is 0.214. The highest BCUT2D eigenvalue weighted by molar-refractivity contribution is 5.51. The van der Waals surface area contributed by atoms with Crippen molar-refractivity contribution in [2.24, 2.45) is 0 Å². The maximum absolute atomic E-state index is 13.1. The molecule has 22 heavy (non-hydrogen) atoms.